The average molecular weight is 448 g/mol. The van der Waals surface area contributed by atoms with E-state index in [2.05, 4.69) is 10.4 Å². The van der Waals surface area contributed by atoms with Crippen molar-refractivity contribution in [3.63, 3.8) is 0 Å². The summed E-state index contributed by atoms with van der Waals surface area (Å²) < 4.78 is 18.6. The predicted octanol–water partition coefficient (Wildman–Crippen LogP) is 2.72. The number of nitrogens with one attached hydrogen (secondary N) is 1. The highest BCUT2D eigenvalue weighted by Crippen LogP contribution is 2.31. The molecule has 9 heteroatoms. The fourth-order valence-corrected chi connectivity index (χ4v) is 4.03. The first-order valence-corrected chi connectivity index (χ1v) is 10.8. The lowest BCUT2D eigenvalue weighted by Crippen LogP contribution is -2.33. The third-order valence-corrected chi connectivity index (χ3v) is 5.74. The zero-order valence-electron chi connectivity index (χ0n) is 18.1. The van der Waals surface area contributed by atoms with Crippen LogP contribution in [0.5, 0.6) is 17.2 Å². The van der Waals surface area contributed by atoms with Crippen molar-refractivity contribution in [2.75, 3.05) is 30.5 Å². The van der Waals surface area contributed by atoms with Crippen LogP contribution in [0.4, 0.5) is 11.4 Å². The van der Waals surface area contributed by atoms with Gasteiger partial charge in [0.25, 0.3) is 0 Å². The number of fused-ring (bicyclic) bond motifs is 1. The normalized spacial score (nSPS) is 19.4. The van der Waals surface area contributed by atoms with Crippen LogP contribution in [0.25, 0.3) is 0 Å². The fourth-order valence-electron chi connectivity index (χ4n) is 4.03. The molecule has 0 spiro atoms. The molecule has 2 atom stereocenters. The van der Waals surface area contributed by atoms with Gasteiger partial charge in [0.1, 0.15) is 12.4 Å². The van der Waals surface area contributed by atoms with Crippen LogP contribution in [0.3, 0.4) is 0 Å². The summed E-state index contributed by atoms with van der Waals surface area (Å²) in [5, 5.41) is 7.19. The monoisotopic (exact) mass is 448 g/mol. The summed E-state index contributed by atoms with van der Waals surface area (Å²) in [6, 6.07) is 14.8. The van der Waals surface area contributed by atoms with Crippen LogP contribution in [0.1, 0.15) is 6.42 Å². The summed E-state index contributed by atoms with van der Waals surface area (Å²) >= 11 is 0. The lowest BCUT2D eigenvalue weighted by Gasteiger charge is -2.26. The van der Waals surface area contributed by atoms with Gasteiger partial charge < -0.3 is 24.4 Å². The SMILES string of the molecule is COc1ccc(N2CC(C(=O)Nc3cnn(CC4COc5ccccc5O4)c3)CC2=O)cc1. The Hall–Kier alpha value is -4.01. The first-order valence-electron chi connectivity index (χ1n) is 10.8. The lowest BCUT2D eigenvalue weighted by atomic mass is 10.1. The van der Waals surface area contributed by atoms with Crippen LogP contribution in [-0.4, -0.2) is 48.0 Å². The van der Waals surface area contributed by atoms with Gasteiger partial charge in [-0.2, -0.15) is 5.10 Å². The van der Waals surface area contributed by atoms with Gasteiger partial charge in [-0.05, 0) is 36.4 Å². The minimum Gasteiger partial charge on any atom is -0.497 e. The standard InChI is InChI=1S/C24H24N4O5/c1-31-19-8-6-18(7-9-19)28-12-16(10-23(28)29)24(30)26-17-11-25-27(13-17)14-20-15-32-21-4-2-3-5-22(21)33-20/h2-9,11,13,16,20H,10,12,14-15H2,1H3,(H,26,30). The molecule has 9 nitrogen and oxygen atoms in total. The molecule has 170 valence electrons. The molecule has 0 bridgehead atoms. The number of anilines is 2. The maximum absolute atomic E-state index is 12.8. The summed E-state index contributed by atoms with van der Waals surface area (Å²) in [4.78, 5) is 26.9. The van der Waals surface area contributed by atoms with E-state index in [1.54, 1.807) is 41.2 Å². The van der Waals surface area contributed by atoms with Crippen molar-refractivity contribution in [3.8, 4) is 17.2 Å². The van der Waals surface area contributed by atoms with E-state index in [1.807, 2.05) is 36.4 Å². The van der Waals surface area contributed by atoms with E-state index in [1.165, 1.54) is 0 Å². The highest BCUT2D eigenvalue weighted by Gasteiger charge is 2.35. The highest BCUT2D eigenvalue weighted by atomic mass is 16.6. The van der Waals surface area contributed by atoms with Gasteiger partial charge in [0.15, 0.2) is 17.6 Å². The molecule has 1 fully saturated rings. The second-order valence-electron chi connectivity index (χ2n) is 8.04. The van der Waals surface area contributed by atoms with Crippen molar-refractivity contribution in [2.24, 2.45) is 5.92 Å². The Balaban J connectivity index is 1.17. The van der Waals surface area contributed by atoms with Crippen molar-refractivity contribution in [2.45, 2.75) is 19.1 Å². The molecule has 2 amide bonds. The quantitative estimate of drug-likeness (QED) is 0.623. The molecule has 0 saturated carbocycles. The fraction of sp³-hybridized carbons (Fsp3) is 0.292. The minimum atomic E-state index is -0.436. The van der Waals surface area contributed by atoms with Gasteiger partial charge in [0, 0.05) is 24.8 Å². The molecule has 2 aromatic carbocycles. The number of para-hydroxylation sites is 2. The highest BCUT2D eigenvalue weighted by molar-refractivity contribution is 6.03. The zero-order valence-corrected chi connectivity index (χ0v) is 18.1. The third-order valence-electron chi connectivity index (χ3n) is 5.74. The van der Waals surface area contributed by atoms with Crippen molar-refractivity contribution < 1.29 is 23.8 Å². The largest absolute Gasteiger partial charge is 0.497 e. The van der Waals surface area contributed by atoms with Crippen LogP contribution in [0.2, 0.25) is 0 Å². The molecular weight excluding hydrogens is 424 g/mol. The van der Waals surface area contributed by atoms with E-state index >= 15 is 0 Å². The topological polar surface area (TPSA) is 94.9 Å². The first kappa shape index (κ1) is 20.9. The van der Waals surface area contributed by atoms with Gasteiger partial charge in [-0.3, -0.25) is 14.3 Å². The van der Waals surface area contributed by atoms with E-state index in [-0.39, 0.29) is 24.3 Å². The third kappa shape index (κ3) is 4.48. The number of hydrogen-bond donors (Lipinski definition) is 1. The van der Waals surface area contributed by atoms with Crippen LogP contribution in [0, 0.1) is 5.92 Å². The number of benzene rings is 2. The second-order valence-corrected chi connectivity index (χ2v) is 8.04. The molecule has 5 rings (SSSR count). The minimum absolute atomic E-state index is 0.0780. The molecule has 3 heterocycles. The predicted molar refractivity (Wildman–Crippen MR) is 121 cm³/mol. The summed E-state index contributed by atoms with van der Waals surface area (Å²) in [7, 11) is 1.59. The average Bonchev–Trinajstić information content (AvgIpc) is 3.45. The molecule has 3 aromatic rings. The number of nitrogens with zero attached hydrogens (tertiary/aromatic N) is 3. The molecule has 2 aliphatic rings. The number of carbonyl (C=O) groups is 2. The number of methoxy groups -OCH3 is 1. The summed E-state index contributed by atoms with van der Waals surface area (Å²) in [6.45, 7) is 1.24. The van der Waals surface area contributed by atoms with Gasteiger partial charge >= 0.3 is 0 Å². The molecular formula is C24H24N4O5. The molecule has 1 N–H and O–H groups in total. The number of carbonyl (C=O) groups excluding carboxylic acids is 2. The summed E-state index contributed by atoms with van der Waals surface area (Å²) in [5.74, 6) is 1.44. The summed E-state index contributed by atoms with van der Waals surface area (Å²) in [5.41, 5.74) is 1.33. The maximum atomic E-state index is 12.8. The van der Waals surface area contributed by atoms with Crippen LogP contribution >= 0.6 is 0 Å². The van der Waals surface area contributed by atoms with Crippen molar-refractivity contribution >= 4 is 23.2 Å². The van der Waals surface area contributed by atoms with Gasteiger partial charge in [-0.1, -0.05) is 12.1 Å². The molecule has 0 radical (unpaired) electrons. The molecule has 1 aromatic heterocycles. The van der Waals surface area contributed by atoms with Gasteiger partial charge in [0.05, 0.1) is 31.5 Å². The Bertz CT molecular complexity index is 1160. The van der Waals surface area contributed by atoms with E-state index in [9.17, 15) is 9.59 Å². The van der Waals surface area contributed by atoms with Crippen LogP contribution in [0.15, 0.2) is 60.9 Å². The van der Waals surface area contributed by atoms with Crippen molar-refractivity contribution in [1.29, 1.82) is 0 Å². The number of ether oxygens (including phenoxy) is 3. The molecule has 2 aliphatic heterocycles. The van der Waals surface area contributed by atoms with E-state index < -0.39 is 5.92 Å². The Kier molecular flexibility index (Phi) is 5.60. The number of rotatable bonds is 6. The molecule has 2 unspecified atom stereocenters. The van der Waals surface area contributed by atoms with Crippen molar-refractivity contribution in [3.05, 3.63) is 60.9 Å². The number of aromatic nitrogens is 2. The molecule has 1 saturated heterocycles. The Labute approximate surface area is 190 Å². The zero-order chi connectivity index (χ0) is 22.8. The lowest BCUT2D eigenvalue weighted by molar-refractivity contribution is -0.122. The summed E-state index contributed by atoms with van der Waals surface area (Å²) in [6.07, 6.45) is 3.32. The van der Waals surface area contributed by atoms with E-state index in [4.69, 9.17) is 14.2 Å². The van der Waals surface area contributed by atoms with E-state index in [0.717, 1.165) is 11.4 Å². The maximum Gasteiger partial charge on any atom is 0.229 e. The van der Waals surface area contributed by atoms with Crippen LogP contribution in [-0.2, 0) is 16.1 Å². The number of amides is 2. The first-order chi connectivity index (χ1) is 16.1. The van der Waals surface area contributed by atoms with E-state index in [0.29, 0.717) is 36.9 Å². The Morgan fingerprint density at radius 2 is 1.97 bits per heavy atom. The van der Waals surface area contributed by atoms with Crippen molar-refractivity contribution in [1.82, 2.24) is 9.78 Å². The second kappa shape index (κ2) is 8.85. The van der Waals surface area contributed by atoms with Gasteiger partial charge in [0.2, 0.25) is 11.8 Å². The van der Waals surface area contributed by atoms with Crippen LogP contribution < -0.4 is 24.4 Å². The molecule has 33 heavy (non-hydrogen) atoms. The van der Waals surface area contributed by atoms with Gasteiger partial charge in [-0.15, -0.1) is 0 Å². The number of hydrogen-bond acceptors (Lipinski definition) is 6. The smallest absolute Gasteiger partial charge is 0.229 e. The Morgan fingerprint density at radius 3 is 2.76 bits per heavy atom. The Morgan fingerprint density at radius 1 is 1.18 bits per heavy atom. The molecule has 0 aliphatic carbocycles. The van der Waals surface area contributed by atoms with Gasteiger partial charge in [-0.25, -0.2) is 0 Å².